The number of allylic oxidation sites excluding steroid dienone is 1. The maximum atomic E-state index is 12.5. The van der Waals surface area contributed by atoms with Gasteiger partial charge in [0.05, 0.1) is 23.1 Å². The van der Waals surface area contributed by atoms with Crippen molar-refractivity contribution in [2.75, 3.05) is 87.7 Å². The molecule has 0 fully saturated rings. The van der Waals surface area contributed by atoms with Crippen LogP contribution in [0.2, 0.25) is 0 Å². The minimum absolute atomic E-state index is 0.00561. The van der Waals surface area contributed by atoms with Crippen molar-refractivity contribution in [1.82, 2.24) is 34.8 Å². The lowest BCUT2D eigenvalue weighted by Crippen LogP contribution is -2.28. The molecule has 5 N–H and O–H groups in total. The first-order valence-electron chi connectivity index (χ1n) is 18.9. The Morgan fingerprint density at radius 2 is 1.11 bits per heavy atom. The topological polar surface area (TPSA) is 174 Å². The number of fused-ring (bicyclic) bond motifs is 1. The minimum Gasteiger partial charge on any atom is -0.354 e. The molecule has 14 nitrogen and oxygen atoms in total. The molecule has 0 spiro atoms. The van der Waals surface area contributed by atoms with Gasteiger partial charge in [0.15, 0.2) is 5.78 Å². The molecule has 292 valence electrons. The van der Waals surface area contributed by atoms with E-state index in [1.165, 1.54) is 0 Å². The maximum Gasteiger partial charge on any atom is 0.256 e. The van der Waals surface area contributed by atoms with Gasteiger partial charge >= 0.3 is 0 Å². The molecule has 1 aliphatic heterocycles. The molecule has 0 bridgehead atoms. The quantitative estimate of drug-likeness (QED) is 0.0988. The van der Waals surface area contributed by atoms with E-state index in [9.17, 15) is 18.0 Å². The van der Waals surface area contributed by atoms with E-state index in [-0.39, 0.29) is 18.2 Å². The molecule has 1 amide bonds. The van der Waals surface area contributed by atoms with Gasteiger partial charge in [0.1, 0.15) is 0 Å². The molecule has 0 saturated carbocycles. The van der Waals surface area contributed by atoms with Crippen molar-refractivity contribution in [2.45, 2.75) is 47.0 Å². The van der Waals surface area contributed by atoms with Crippen molar-refractivity contribution in [3.8, 4) is 0 Å². The van der Waals surface area contributed by atoms with Crippen molar-refractivity contribution in [1.29, 1.82) is 0 Å². The second-order valence-electron chi connectivity index (χ2n) is 12.9. The van der Waals surface area contributed by atoms with Crippen LogP contribution in [0.25, 0.3) is 11.3 Å². The van der Waals surface area contributed by atoms with E-state index >= 15 is 0 Å². The van der Waals surface area contributed by atoms with Crippen LogP contribution in [-0.2, 0) is 19.6 Å². The van der Waals surface area contributed by atoms with Crippen LogP contribution in [0.1, 0.15) is 58.1 Å². The van der Waals surface area contributed by atoms with E-state index in [4.69, 9.17) is 0 Å². The minimum atomic E-state index is -3.22. The van der Waals surface area contributed by atoms with Gasteiger partial charge in [-0.05, 0) is 68.8 Å². The molecule has 5 rings (SSSR count). The smallest absolute Gasteiger partial charge is 0.256 e. The highest BCUT2D eigenvalue weighted by Crippen LogP contribution is 2.42. The molecule has 1 aromatic heterocycles. The van der Waals surface area contributed by atoms with E-state index in [0.29, 0.717) is 47.7 Å². The molecule has 15 heteroatoms. The number of hydrogen-bond donors (Lipinski definition) is 5. The van der Waals surface area contributed by atoms with Crippen LogP contribution in [0.5, 0.6) is 0 Å². The van der Waals surface area contributed by atoms with Crippen LogP contribution in [0.15, 0.2) is 71.8 Å². The highest BCUT2D eigenvalue weighted by Gasteiger charge is 2.40. The zero-order chi connectivity index (χ0) is 38.9. The summed E-state index contributed by atoms with van der Waals surface area (Å²) < 4.78 is 24.9. The van der Waals surface area contributed by atoms with E-state index in [1.807, 2.05) is 60.7 Å². The molecule has 54 heavy (non-hydrogen) atoms. The lowest BCUT2D eigenvalue weighted by Gasteiger charge is -2.18. The van der Waals surface area contributed by atoms with Gasteiger partial charge in [-0.1, -0.05) is 88.4 Å². The lowest BCUT2D eigenvalue weighted by molar-refractivity contribution is -0.116. The standard InChI is InChI=1S/C20H43N9O2S.C19H13NO2/c1-6-28(7-2)16-10-12-21-18-25-19(22-13-11-17-29(8-3)9-4)27-20(26-18)23-14-15-24-32(5,30)31;21-15-11-14(12-7-3-1-4-8-12)16-17(15)18(20-19(16)22)13-9-5-2-6-10-13/h24H,6-17H2,1-5H3,(H3,21,22,23,25,26,27);1-10H,11H2,(H,20,22). The first kappa shape index (κ1) is 42.0. The largest absolute Gasteiger partial charge is 0.354 e. The Labute approximate surface area is 320 Å². The zero-order valence-corrected chi connectivity index (χ0v) is 33.1. The lowest BCUT2D eigenvalue weighted by atomic mass is 10.0. The SMILES string of the molecule is CCN(CC)CCCNc1nc(NCCCN(CC)CC)nc(NCCNS(C)(=O)=O)n1.O=C1CC(c2ccccc2)=C2C(=O)NC(c3ccccc3)=C12. The van der Waals surface area contributed by atoms with Gasteiger partial charge in [-0.25, -0.2) is 13.1 Å². The van der Waals surface area contributed by atoms with Crippen molar-refractivity contribution >= 4 is 50.8 Å². The number of carbonyl (C=O) groups excluding carboxylic acids is 2. The summed E-state index contributed by atoms with van der Waals surface area (Å²) in [7, 11) is -3.22. The summed E-state index contributed by atoms with van der Waals surface area (Å²) in [6.07, 6.45) is 3.40. The van der Waals surface area contributed by atoms with Crippen LogP contribution in [-0.4, -0.2) is 117 Å². The number of Topliss-reactive ketones (excluding diaryl/α,β-unsaturated/α-hetero) is 1. The number of carbonyl (C=O) groups is 2. The second-order valence-corrected chi connectivity index (χ2v) is 14.7. The second kappa shape index (κ2) is 21.3. The Kier molecular flexibility index (Phi) is 16.6. The van der Waals surface area contributed by atoms with Gasteiger partial charge in [0.2, 0.25) is 27.9 Å². The van der Waals surface area contributed by atoms with Gasteiger partial charge < -0.3 is 31.1 Å². The number of rotatable bonds is 21. The summed E-state index contributed by atoms with van der Waals surface area (Å²) in [5, 5.41) is 12.5. The molecule has 2 aliphatic rings. The number of ketones is 1. The van der Waals surface area contributed by atoms with Gasteiger partial charge in [0.25, 0.3) is 5.91 Å². The third-order valence-corrected chi connectivity index (χ3v) is 9.86. The first-order chi connectivity index (χ1) is 26.1. The van der Waals surface area contributed by atoms with Crippen LogP contribution >= 0.6 is 0 Å². The monoisotopic (exact) mass is 760 g/mol. The fourth-order valence-electron chi connectivity index (χ4n) is 6.20. The van der Waals surface area contributed by atoms with Gasteiger partial charge in [-0.2, -0.15) is 15.0 Å². The zero-order valence-electron chi connectivity index (χ0n) is 32.2. The van der Waals surface area contributed by atoms with Crippen molar-refractivity contribution in [3.63, 3.8) is 0 Å². The maximum absolute atomic E-state index is 12.5. The highest BCUT2D eigenvalue weighted by atomic mass is 32.2. The first-order valence-corrected chi connectivity index (χ1v) is 20.8. The summed E-state index contributed by atoms with van der Waals surface area (Å²) in [6.45, 7) is 17.0. The van der Waals surface area contributed by atoms with Crippen LogP contribution < -0.4 is 26.0 Å². The Bertz CT molecular complexity index is 1730. The van der Waals surface area contributed by atoms with Crippen LogP contribution in [0, 0.1) is 0 Å². The van der Waals surface area contributed by atoms with Crippen molar-refractivity contribution < 1.29 is 18.0 Å². The number of hydrogen-bond acceptors (Lipinski definition) is 12. The Balaban J connectivity index is 0.000000255. The van der Waals surface area contributed by atoms with E-state index in [2.05, 4.69) is 78.4 Å². The average molecular weight is 761 g/mol. The molecule has 2 heterocycles. The molecule has 0 radical (unpaired) electrons. The molecular formula is C39H56N10O4S. The number of aromatic nitrogens is 3. The number of benzene rings is 2. The normalized spacial score (nSPS) is 14.0. The third-order valence-electron chi connectivity index (χ3n) is 9.13. The highest BCUT2D eigenvalue weighted by molar-refractivity contribution is 7.88. The average Bonchev–Trinajstić information content (AvgIpc) is 3.71. The Morgan fingerprint density at radius 1 is 0.648 bits per heavy atom. The van der Waals surface area contributed by atoms with Crippen molar-refractivity contribution in [2.24, 2.45) is 0 Å². The summed E-state index contributed by atoms with van der Waals surface area (Å²) >= 11 is 0. The number of nitrogens with one attached hydrogen (secondary N) is 5. The van der Waals surface area contributed by atoms with E-state index in [1.54, 1.807) is 0 Å². The summed E-state index contributed by atoms with van der Waals surface area (Å²) in [5.41, 5.74) is 4.33. The summed E-state index contributed by atoms with van der Waals surface area (Å²) in [4.78, 5) is 43.0. The molecule has 0 unspecified atom stereocenters. The third kappa shape index (κ3) is 12.7. The fraction of sp³-hybridized carbons (Fsp3) is 0.462. The van der Waals surface area contributed by atoms with Gasteiger partial charge in [-0.3, -0.25) is 9.59 Å². The van der Waals surface area contributed by atoms with E-state index in [0.717, 1.165) is 88.2 Å². The van der Waals surface area contributed by atoms with Crippen LogP contribution in [0.4, 0.5) is 17.8 Å². The predicted octanol–water partition coefficient (Wildman–Crippen LogP) is 4.07. The number of nitrogens with zero attached hydrogens (tertiary/aromatic N) is 5. The molecule has 1 aliphatic carbocycles. The van der Waals surface area contributed by atoms with Gasteiger partial charge in [0, 0.05) is 32.6 Å². The summed E-state index contributed by atoms with van der Waals surface area (Å²) in [5.74, 6) is 1.24. The molecule has 2 aromatic carbocycles. The Morgan fingerprint density at radius 3 is 1.57 bits per heavy atom. The van der Waals surface area contributed by atoms with Gasteiger partial charge in [-0.15, -0.1) is 0 Å². The van der Waals surface area contributed by atoms with Crippen LogP contribution in [0.3, 0.4) is 0 Å². The Hall–Kier alpha value is -4.70. The molecular weight excluding hydrogens is 705 g/mol. The summed E-state index contributed by atoms with van der Waals surface area (Å²) in [6, 6.07) is 19.1. The number of sulfonamides is 1. The molecule has 0 atom stereocenters. The fourth-order valence-corrected chi connectivity index (χ4v) is 6.67. The number of anilines is 3. The predicted molar refractivity (Wildman–Crippen MR) is 217 cm³/mol. The van der Waals surface area contributed by atoms with E-state index < -0.39 is 10.0 Å². The number of amides is 1. The molecule has 3 aromatic rings. The van der Waals surface area contributed by atoms with Crippen molar-refractivity contribution in [3.05, 3.63) is 82.9 Å². The molecule has 0 saturated heterocycles.